The summed E-state index contributed by atoms with van der Waals surface area (Å²) in [6.45, 7) is 2.41. The van der Waals surface area contributed by atoms with Gasteiger partial charge in [-0.3, -0.25) is 4.79 Å². The predicted molar refractivity (Wildman–Crippen MR) is 77.2 cm³/mol. The van der Waals surface area contributed by atoms with Gasteiger partial charge in [-0.1, -0.05) is 0 Å². The van der Waals surface area contributed by atoms with Crippen LogP contribution in [0.2, 0.25) is 0 Å². The largest absolute Gasteiger partial charge is 0.384 e. The van der Waals surface area contributed by atoms with Crippen molar-refractivity contribution in [2.75, 3.05) is 25.0 Å². The summed E-state index contributed by atoms with van der Waals surface area (Å²) < 4.78 is 5.49. The zero-order valence-corrected chi connectivity index (χ0v) is 11.6. The number of fused-ring (bicyclic) bond motifs is 1. The van der Waals surface area contributed by atoms with Crippen molar-refractivity contribution < 1.29 is 9.53 Å². The monoisotopic (exact) mass is 282 g/mol. The van der Waals surface area contributed by atoms with Gasteiger partial charge in [-0.25, -0.2) is 0 Å². The second-order valence-electron chi connectivity index (χ2n) is 4.89. The van der Waals surface area contributed by atoms with Crippen LogP contribution in [0.3, 0.4) is 0 Å². The molecule has 2 N–H and O–H groups in total. The van der Waals surface area contributed by atoms with Crippen molar-refractivity contribution in [3.63, 3.8) is 0 Å². The van der Waals surface area contributed by atoms with Crippen LogP contribution < -0.4 is 10.6 Å². The number of benzene rings is 1. The lowest BCUT2D eigenvalue weighted by molar-refractivity contribution is 0.0857. The topological polar surface area (TPSA) is 50.4 Å². The summed E-state index contributed by atoms with van der Waals surface area (Å²) in [6, 6.07) is 5.85. The molecule has 2 aliphatic heterocycles. The van der Waals surface area contributed by atoms with E-state index in [0.717, 1.165) is 43.7 Å². The molecular weight excluding hydrogens is 264 g/mol. The van der Waals surface area contributed by atoms with Gasteiger partial charge in [-0.15, -0.1) is 12.4 Å². The van der Waals surface area contributed by atoms with E-state index in [1.54, 1.807) is 0 Å². The van der Waals surface area contributed by atoms with E-state index in [2.05, 4.69) is 10.6 Å². The average Bonchev–Trinajstić information content (AvgIpc) is 3.05. The third-order valence-corrected chi connectivity index (χ3v) is 3.59. The van der Waals surface area contributed by atoms with E-state index in [1.807, 2.05) is 18.2 Å². The minimum absolute atomic E-state index is 0. The van der Waals surface area contributed by atoms with Gasteiger partial charge in [0.25, 0.3) is 5.91 Å². The van der Waals surface area contributed by atoms with Gasteiger partial charge < -0.3 is 15.4 Å². The van der Waals surface area contributed by atoms with E-state index in [-0.39, 0.29) is 24.4 Å². The predicted octanol–water partition coefficient (Wildman–Crippen LogP) is 1.99. The number of rotatable bonds is 3. The molecule has 104 valence electrons. The Morgan fingerprint density at radius 2 is 2.37 bits per heavy atom. The molecule has 0 bridgehead atoms. The van der Waals surface area contributed by atoms with Crippen molar-refractivity contribution in [3.05, 3.63) is 29.3 Å². The number of carbonyl (C=O) groups is 1. The number of halogens is 1. The highest BCUT2D eigenvalue weighted by atomic mass is 35.5. The molecule has 1 saturated heterocycles. The molecule has 0 spiro atoms. The molecule has 1 aromatic carbocycles. The minimum atomic E-state index is 0. The number of nitrogens with one attached hydrogen (secondary N) is 2. The molecule has 3 rings (SSSR count). The molecule has 4 nitrogen and oxygen atoms in total. The summed E-state index contributed by atoms with van der Waals surface area (Å²) in [5.41, 5.74) is 3.14. The van der Waals surface area contributed by atoms with Crippen LogP contribution in [0.15, 0.2) is 18.2 Å². The van der Waals surface area contributed by atoms with Crippen LogP contribution in [-0.4, -0.2) is 31.7 Å². The zero-order valence-electron chi connectivity index (χ0n) is 10.8. The Morgan fingerprint density at radius 3 is 3.16 bits per heavy atom. The van der Waals surface area contributed by atoms with Gasteiger partial charge >= 0.3 is 0 Å². The molecule has 0 aromatic heterocycles. The van der Waals surface area contributed by atoms with E-state index >= 15 is 0 Å². The fraction of sp³-hybridized carbons (Fsp3) is 0.500. The Bertz CT molecular complexity index is 459. The number of hydrogen-bond acceptors (Lipinski definition) is 3. The quantitative estimate of drug-likeness (QED) is 0.891. The second kappa shape index (κ2) is 6.26. The van der Waals surface area contributed by atoms with Gasteiger partial charge in [0, 0.05) is 30.9 Å². The molecule has 1 aromatic rings. The average molecular weight is 283 g/mol. The van der Waals surface area contributed by atoms with Crippen molar-refractivity contribution in [2.45, 2.75) is 25.4 Å². The third kappa shape index (κ3) is 3.19. The van der Waals surface area contributed by atoms with E-state index < -0.39 is 0 Å². The lowest BCUT2D eigenvalue weighted by Gasteiger charge is -2.11. The maximum Gasteiger partial charge on any atom is 0.251 e. The second-order valence-corrected chi connectivity index (χ2v) is 4.89. The molecule has 1 unspecified atom stereocenters. The Balaban J connectivity index is 0.00000133. The van der Waals surface area contributed by atoms with E-state index in [4.69, 9.17) is 4.74 Å². The first-order valence-electron chi connectivity index (χ1n) is 6.59. The number of hydrogen-bond donors (Lipinski definition) is 2. The van der Waals surface area contributed by atoms with Crippen molar-refractivity contribution in [2.24, 2.45) is 0 Å². The lowest BCUT2D eigenvalue weighted by Crippen LogP contribution is -2.31. The van der Waals surface area contributed by atoms with E-state index in [0.29, 0.717) is 6.54 Å². The van der Waals surface area contributed by atoms with Crippen molar-refractivity contribution in [3.8, 4) is 0 Å². The Morgan fingerprint density at radius 1 is 1.47 bits per heavy atom. The summed E-state index contributed by atoms with van der Waals surface area (Å²) >= 11 is 0. The first kappa shape index (κ1) is 14.2. The van der Waals surface area contributed by atoms with Crippen LogP contribution in [0.25, 0.3) is 0 Å². The Hall–Kier alpha value is -1.26. The van der Waals surface area contributed by atoms with Gasteiger partial charge in [0.1, 0.15) is 0 Å². The van der Waals surface area contributed by atoms with Crippen LogP contribution in [0, 0.1) is 0 Å². The SMILES string of the molecule is Cl.O=C(NCC1CCCO1)c1ccc2c(c1)CCN2. The summed E-state index contributed by atoms with van der Waals surface area (Å²) in [5.74, 6) is 0.000185. The lowest BCUT2D eigenvalue weighted by atomic mass is 10.1. The summed E-state index contributed by atoms with van der Waals surface area (Å²) in [7, 11) is 0. The summed E-state index contributed by atoms with van der Waals surface area (Å²) in [5, 5.41) is 6.24. The molecule has 2 heterocycles. The van der Waals surface area contributed by atoms with Crippen molar-refractivity contribution in [1.29, 1.82) is 0 Å². The number of amides is 1. The summed E-state index contributed by atoms with van der Waals surface area (Å²) in [6.07, 6.45) is 3.35. The summed E-state index contributed by atoms with van der Waals surface area (Å²) in [4.78, 5) is 12.0. The van der Waals surface area contributed by atoms with Gasteiger partial charge in [-0.05, 0) is 43.0 Å². The standard InChI is InChI=1S/C14H18N2O2.ClH/c17-14(16-9-12-2-1-7-18-12)11-3-4-13-10(8-11)5-6-15-13;/h3-4,8,12,15H,1-2,5-7,9H2,(H,16,17);1H. The fourth-order valence-corrected chi connectivity index (χ4v) is 2.56. The highest BCUT2D eigenvalue weighted by Gasteiger charge is 2.17. The van der Waals surface area contributed by atoms with Crippen LogP contribution >= 0.6 is 12.4 Å². The Labute approximate surface area is 119 Å². The van der Waals surface area contributed by atoms with Crippen molar-refractivity contribution >= 4 is 24.0 Å². The maximum absolute atomic E-state index is 12.0. The molecule has 5 heteroatoms. The molecule has 1 atom stereocenters. The highest BCUT2D eigenvalue weighted by molar-refractivity contribution is 5.95. The molecule has 19 heavy (non-hydrogen) atoms. The highest BCUT2D eigenvalue weighted by Crippen LogP contribution is 2.23. The molecular formula is C14H19ClN2O2. The minimum Gasteiger partial charge on any atom is -0.384 e. The van der Waals surface area contributed by atoms with Crippen LogP contribution in [0.4, 0.5) is 5.69 Å². The number of carbonyl (C=O) groups excluding carboxylic acids is 1. The zero-order chi connectivity index (χ0) is 12.4. The smallest absolute Gasteiger partial charge is 0.251 e. The number of anilines is 1. The normalized spacial score (nSPS) is 20.3. The molecule has 0 radical (unpaired) electrons. The molecule has 1 amide bonds. The van der Waals surface area contributed by atoms with E-state index in [9.17, 15) is 4.79 Å². The maximum atomic E-state index is 12.0. The van der Waals surface area contributed by atoms with Crippen LogP contribution in [0.5, 0.6) is 0 Å². The van der Waals surface area contributed by atoms with Crippen LogP contribution in [0.1, 0.15) is 28.8 Å². The third-order valence-electron chi connectivity index (χ3n) is 3.59. The van der Waals surface area contributed by atoms with Gasteiger partial charge in [0.15, 0.2) is 0 Å². The molecule has 0 aliphatic carbocycles. The van der Waals surface area contributed by atoms with Gasteiger partial charge in [-0.2, -0.15) is 0 Å². The van der Waals surface area contributed by atoms with Crippen LogP contribution in [-0.2, 0) is 11.2 Å². The van der Waals surface area contributed by atoms with Crippen molar-refractivity contribution in [1.82, 2.24) is 5.32 Å². The molecule has 2 aliphatic rings. The molecule has 0 saturated carbocycles. The Kier molecular flexibility index (Phi) is 4.66. The van der Waals surface area contributed by atoms with Gasteiger partial charge in [0.2, 0.25) is 0 Å². The number of ether oxygens (including phenoxy) is 1. The van der Waals surface area contributed by atoms with Gasteiger partial charge in [0.05, 0.1) is 6.10 Å². The fourth-order valence-electron chi connectivity index (χ4n) is 2.56. The first-order valence-corrected chi connectivity index (χ1v) is 6.59. The molecule has 1 fully saturated rings. The first-order chi connectivity index (χ1) is 8.83. The van der Waals surface area contributed by atoms with E-state index in [1.165, 1.54) is 5.56 Å².